The van der Waals surface area contributed by atoms with E-state index in [1.54, 1.807) is 12.1 Å². The van der Waals surface area contributed by atoms with Gasteiger partial charge >= 0.3 is 5.97 Å². The number of carbonyl (C=O) groups excluding carboxylic acids is 3. The van der Waals surface area contributed by atoms with Gasteiger partial charge in [-0.1, -0.05) is 28.8 Å². The fourth-order valence-corrected chi connectivity index (χ4v) is 2.49. The van der Waals surface area contributed by atoms with E-state index >= 15 is 0 Å². The highest BCUT2D eigenvalue weighted by Crippen LogP contribution is 2.23. The molecule has 0 fully saturated rings. The average molecular weight is 343 g/mol. The average Bonchev–Trinajstić information content (AvgIpc) is 3.10. The van der Waals surface area contributed by atoms with E-state index in [0.717, 1.165) is 0 Å². The van der Waals surface area contributed by atoms with Gasteiger partial charge in [0.1, 0.15) is 0 Å². The first-order chi connectivity index (χ1) is 11.5. The number of imide groups is 1. The topological polar surface area (TPSA) is 93.9 Å². The van der Waals surface area contributed by atoms with E-state index in [-0.39, 0.29) is 22.6 Å². The van der Waals surface area contributed by atoms with Crippen molar-refractivity contribution >= 4 is 35.2 Å². The predicted molar refractivity (Wildman–Crippen MR) is 80.4 cm³/mol. The number of imidazole rings is 1. The number of rotatable bonds is 2. The molecule has 9 heteroatoms. The van der Waals surface area contributed by atoms with Gasteiger partial charge in [-0.15, -0.1) is 0 Å². The Labute approximate surface area is 139 Å². The lowest BCUT2D eigenvalue weighted by Gasteiger charge is -2.11. The van der Waals surface area contributed by atoms with Gasteiger partial charge in [0.2, 0.25) is 5.78 Å². The summed E-state index contributed by atoms with van der Waals surface area (Å²) in [4.78, 5) is 49.3. The van der Waals surface area contributed by atoms with Gasteiger partial charge in [-0.25, -0.2) is 14.8 Å². The van der Waals surface area contributed by atoms with Crippen LogP contribution >= 0.6 is 11.6 Å². The van der Waals surface area contributed by atoms with Crippen molar-refractivity contribution in [2.24, 2.45) is 0 Å². The van der Waals surface area contributed by atoms with E-state index in [0.29, 0.717) is 10.1 Å². The molecule has 0 saturated heterocycles. The maximum absolute atomic E-state index is 12.2. The van der Waals surface area contributed by atoms with E-state index in [9.17, 15) is 14.4 Å². The SMILES string of the molecule is O=C(ON1C(=O)c2ccccc2C1=O)c1cn2cc(Cl)cnc2n1. The van der Waals surface area contributed by atoms with Crippen molar-refractivity contribution in [3.8, 4) is 0 Å². The number of nitrogens with zero attached hydrogens (tertiary/aromatic N) is 4. The van der Waals surface area contributed by atoms with Crippen LogP contribution in [-0.2, 0) is 4.84 Å². The Morgan fingerprint density at radius 2 is 1.75 bits per heavy atom. The second-order valence-electron chi connectivity index (χ2n) is 4.93. The van der Waals surface area contributed by atoms with Crippen LogP contribution in [0.3, 0.4) is 0 Å². The van der Waals surface area contributed by atoms with Gasteiger partial charge < -0.3 is 4.84 Å². The Kier molecular flexibility index (Phi) is 3.07. The molecule has 0 aliphatic carbocycles. The Hall–Kier alpha value is -3.26. The van der Waals surface area contributed by atoms with Crippen LogP contribution in [0.1, 0.15) is 31.2 Å². The lowest BCUT2D eigenvalue weighted by atomic mass is 10.1. The van der Waals surface area contributed by atoms with Crippen LogP contribution in [0.5, 0.6) is 0 Å². The first kappa shape index (κ1) is 14.3. The number of benzene rings is 1. The zero-order valence-corrected chi connectivity index (χ0v) is 12.6. The summed E-state index contributed by atoms with van der Waals surface area (Å²) >= 11 is 5.81. The quantitative estimate of drug-likeness (QED) is 0.659. The Morgan fingerprint density at radius 3 is 2.42 bits per heavy atom. The molecule has 24 heavy (non-hydrogen) atoms. The molecular weight excluding hydrogens is 336 g/mol. The molecule has 3 aromatic rings. The molecule has 1 aliphatic heterocycles. The van der Waals surface area contributed by atoms with Crippen LogP contribution in [0.25, 0.3) is 5.78 Å². The standard InChI is InChI=1S/C15H7ClN4O4/c16-8-5-17-15-18-11(7-19(15)6-8)14(23)24-20-12(21)9-3-1-2-4-10(9)13(20)22/h1-7H. The summed E-state index contributed by atoms with van der Waals surface area (Å²) in [6, 6.07) is 6.21. The highest BCUT2D eigenvalue weighted by atomic mass is 35.5. The van der Waals surface area contributed by atoms with Crippen LogP contribution < -0.4 is 0 Å². The zero-order valence-electron chi connectivity index (χ0n) is 11.8. The molecule has 0 bridgehead atoms. The van der Waals surface area contributed by atoms with Crippen LogP contribution in [0.15, 0.2) is 42.9 Å². The maximum Gasteiger partial charge on any atom is 0.383 e. The summed E-state index contributed by atoms with van der Waals surface area (Å²) in [6.07, 6.45) is 4.23. The fraction of sp³-hybridized carbons (Fsp3) is 0. The number of hydroxylamine groups is 2. The highest BCUT2D eigenvalue weighted by molar-refractivity contribution is 6.30. The molecule has 3 heterocycles. The first-order valence-corrected chi connectivity index (χ1v) is 7.13. The van der Waals surface area contributed by atoms with Crippen molar-refractivity contribution in [1.82, 2.24) is 19.4 Å². The van der Waals surface area contributed by atoms with E-state index in [4.69, 9.17) is 16.4 Å². The predicted octanol–water partition coefficient (Wildman–Crippen LogP) is 1.75. The number of hydrogen-bond acceptors (Lipinski definition) is 6. The zero-order chi connectivity index (χ0) is 16.8. The number of amides is 2. The molecule has 1 aliphatic rings. The monoisotopic (exact) mass is 342 g/mol. The largest absolute Gasteiger partial charge is 0.383 e. The Morgan fingerprint density at radius 1 is 1.08 bits per heavy atom. The van der Waals surface area contributed by atoms with Gasteiger partial charge in [0.05, 0.1) is 22.3 Å². The second kappa shape index (κ2) is 5.14. The number of halogens is 1. The van der Waals surface area contributed by atoms with Gasteiger partial charge in [0.25, 0.3) is 11.8 Å². The van der Waals surface area contributed by atoms with Crippen molar-refractivity contribution in [3.05, 3.63) is 64.7 Å². The van der Waals surface area contributed by atoms with Gasteiger partial charge in [-0.2, -0.15) is 0 Å². The van der Waals surface area contributed by atoms with Crippen molar-refractivity contribution in [2.45, 2.75) is 0 Å². The van der Waals surface area contributed by atoms with E-state index in [1.165, 1.54) is 35.1 Å². The number of fused-ring (bicyclic) bond motifs is 2. The molecule has 0 unspecified atom stereocenters. The number of carbonyl (C=O) groups is 3. The molecule has 0 N–H and O–H groups in total. The van der Waals surface area contributed by atoms with Gasteiger partial charge in [-0.3, -0.25) is 14.0 Å². The fourth-order valence-electron chi connectivity index (χ4n) is 2.34. The highest BCUT2D eigenvalue weighted by Gasteiger charge is 2.39. The summed E-state index contributed by atoms with van der Waals surface area (Å²) < 4.78 is 1.43. The van der Waals surface area contributed by atoms with Gasteiger partial charge in [0, 0.05) is 12.4 Å². The molecule has 0 atom stereocenters. The molecule has 4 rings (SSSR count). The summed E-state index contributed by atoms with van der Waals surface area (Å²) in [5, 5.41) is 0.789. The molecule has 8 nitrogen and oxygen atoms in total. The normalized spacial score (nSPS) is 13.5. The van der Waals surface area contributed by atoms with Crippen molar-refractivity contribution in [1.29, 1.82) is 0 Å². The van der Waals surface area contributed by atoms with Crippen LogP contribution in [0.2, 0.25) is 5.02 Å². The first-order valence-electron chi connectivity index (χ1n) is 6.75. The lowest BCUT2D eigenvalue weighted by Crippen LogP contribution is -2.32. The molecule has 1 aromatic carbocycles. The maximum atomic E-state index is 12.2. The van der Waals surface area contributed by atoms with Crippen LogP contribution in [0, 0.1) is 0 Å². The third-order valence-electron chi connectivity index (χ3n) is 3.42. The number of hydrogen-bond donors (Lipinski definition) is 0. The van der Waals surface area contributed by atoms with Gasteiger partial charge in [0.15, 0.2) is 5.69 Å². The summed E-state index contributed by atoms with van der Waals surface area (Å²) in [7, 11) is 0. The minimum atomic E-state index is -0.953. The summed E-state index contributed by atoms with van der Waals surface area (Å²) in [5.74, 6) is -2.12. The Balaban J connectivity index is 1.62. The van der Waals surface area contributed by atoms with E-state index in [2.05, 4.69) is 9.97 Å². The van der Waals surface area contributed by atoms with Crippen molar-refractivity contribution < 1.29 is 19.2 Å². The van der Waals surface area contributed by atoms with Crippen LogP contribution in [0.4, 0.5) is 0 Å². The molecule has 118 valence electrons. The summed E-state index contributed by atoms with van der Waals surface area (Å²) in [5.41, 5.74) is 0.249. The smallest absolute Gasteiger partial charge is 0.322 e. The summed E-state index contributed by atoms with van der Waals surface area (Å²) in [6.45, 7) is 0. The van der Waals surface area contributed by atoms with Gasteiger partial charge in [-0.05, 0) is 12.1 Å². The van der Waals surface area contributed by atoms with Crippen LogP contribution in [-0.4, -0.2) is 37.2 Å². The molecule has 0 saturated carbocycles. The molecular formula is C15H7ClN4O4. The number of aromatic nitrogens is 3. The lowest BCUT2D eigenvalue weighted by molar-refractivity contribution is -0.0588. The minimum absolute atomic E-state index is 0.110. The van der Waals surface area contributed by atoms with E-state index < -0.39 is 17.8 Å². The molecule has 0 spiro atoms. The molecule has 0 radical (unpaired) electrons. The molecule has 2 amide bonds. The molecule has 2 aromatic heterocycles. The second-order valence-corrected chi connectivity index (χ2v) is 5.37. The van der Waals surface area contributed by atoms with Crippen molar-refractivity contribution in [2.75, 3.05) is 0 Å². The van der Waals surface area contributed by atoms with E-state index in [1.807, 2.05) is 0 Å². The third-order valence-corrected chi connectivity index (χ3v) is 3.61. The van der Waals surface area contributed by atoms with Crippen molar-refractivity contribution in [3.63, 3.8) is 0 Å². The minimum Gasteiger partial charge on any atom is -0.322 e. The third kappa shape index (κ3) is 2.12. The Bertz CT molecular complexity index is 994.